The lowest BCUT2D eigenvalue weighted by molar-refractivity contribution is -0.137. The predicted molar refractivity (Wildman–Crippen MR) is 160 cm³/mol. The van der Waals surface area contributed by atoms with Gasteiger partial charge >= 0.3 is 5.97 Å². The molecule has 7 heteroatoms. The van der Waals surface area contributed by atoms with Crippen molar-refractivity contribution >= 4 is 34.0 Å². The number of thiophene rings is 1. The number of carbonyl (C=O) groups is 2. The number of amides is 1. The van der Waals surface area contributed by atoms with Crippen molar-refractivity contribution in [3.8, 4) is 5.75 Å². The van der Waals surface area contributed by atoms with Gasteiger partial charge in [-0.1, -0.05) is 52.5 Å². The number of hydrogen-bond acceptors (Lipinski definition) is 5. The molecule has 1 aromatic carbocycles. The van der Waals surface area contributed by atoms with Gasteiger partial charge in [-0.15, -0.1) is 0 Å². The van der Waals surface area contributed by atoms with Crippen molar-refractivity contribution in [3.05, 3.63) is 58.0 Å². The molecule has 0 bridgehead atoms. The highest BCUT2D eigenvalue weighted by Crippen LogP contribution is 2.39. The number of rotatable bonds is 9. The maximum atomic E-state index is 13.4. The third kappa shape index (κ3) is 7.03. The van der Waals surface area contributed by atoms with Crippen molar-refractivity contribution in [1.82, 2.24) is 10.3 Å². The van der Waals surface area contributed by atoms with E-state index in [0.29, 0.717) is 17.0 Å². The Kier molecular flexibility index (Phi) is 8.79. The summed E-state index contributed by atoms with van der Waals surface area (Å²) in [5.74, 6) is 0.882. The van der Waals surface area contributed by atoms with Crippen molar-refractivity contribution in [1.29, 1.82) is 0 Å². The van der Waals surface area contributed by atoms with Crippen molar-refractivity contribution in [2.75, 3.05) is 0 Å². The Morgan fingerprint density at radius 1 is 1.07 bits per heavy atom. The molecule has 5 rings (SSSR count). The van der Waals surface area contributed by atoms with Gasteiger partial charge in [-0.3, -0.25) is 9.59 Å². The Balaban J connectivity index is 1.38. The first-order valence-corrected chi connectivity index (χ1v) is 15.7. The maximum Gasteiger partial charge on any atom is 0.305 e. The first-order valence-electron chi connectivity index (χ1n) is 14.8. The van der Waals surface area contributed by atoms with Crippen molar-refractivity contribution in [3.63, 3.8) is 0 Å². The van der Waals surface area contributed by atoms with Crippen LogP contribution < -0.4 is 10.1 Å². The quantitative estimate of drug-likeness (QED) is 0.276. The van der Waals surface area contributed by atoms with E-state index in [0.717, 1.165) is 53.0 Å². The molecule has 2 saturated carbocycles. The third-order valence-electron chi connectivity index (χ3n) is 8.90. The van der Waals surface area contributed by atoms with E-state index in [1.54, 1.807) is 0 Å². The number of benzene rings is 1. The molecule has 2 aliphatic rings. The highest BCUT2D eigenvalue weighted by Gasteiger charge is 2.30. The molecule has 6 nitrogen and oxygen atoms in total. The van der Waals surface area contributed by atoms with Crippen LogP contribution in [-0.2, 0) is 11.2 Å². The normalized spacial score (nSPS) is 20.9. The summed E-state index contributed by atoms with van der Waals surface area (Å²) in [7, 11) is 0. The highest BCUT2D eigenvalue weighted by molar-refractivity contribution is 7.08. The minimum Gasteiger partial charge on any atom is -0.490 e. The number of ether oxygens (including phenoxy) is 1. The monoisotopic (exact) mass is 562 g/mol. The molecule has 0 saturated heterocycles. The summed E-state index contributed by atoms with van der Waals surface area (Å²) in [5.41, 5.74) is 2.41. The fraction of sp³-hybridized carbons (Fsp3) is 0.545. The standard InChI is InChI=1S/C33H42N2O4S/c1-33(2,3)24-9-12-25(13-10-24)39-26-11-8-22-17-30(34-29(27(22)18-26)16-21-6-4-5-7-21)32(38)35-28(19-31(36)37)23-14-15-40-20-23/h8,11,14-15,17-18,20-21,24-25,28H,4-7,9-10,12-13,16,19H2,1-3H3,(H,35,38)(H,36,37). The zero-order valence-electron chi connectivity index (χ0n) is 23.9. The molecular weight excluding hydrogens is 520 g/mol. The molecule has 3 aromatic rings. The number of nitrogens with one attached hydrogen (secondary N) is 1. The van der Waals surface area contributed by atoms with Gasteiger partial charge < -0.3 is 15.2 Å². The molecule has 0 spiro atoms. The van der Waals surface area contributed by atoms with E-state index >= 15 is 0 Å². The minimum atomic E-state index is -0.954. The summed E-state index contributed by atoms with van der Waals surface area (Å²) in [4.78, 5) is 29.8. The zero-order chi connectivity index (χ0) is 28.3. The lowest BCUT2D eigenvalue weighted by Gasteiger charge is -2.37. The molecule has 2 heterocycles. The second-order valence-corrected chi connectivity index (χ2v) is 13.6. The van der Waals surface area contributed by atoms with Gasteiger partial charge in [0, 0.05) is 11.1 Å². The van der Waals surface area contributed by atoms with E-state index in [-0.39, 0.29) is 18.4 Å². The first-order chi connectivity index (χ1) is 19.2. The summed E-state index contributed by atoms with van der Waals surface area (Å²) in [6.07, 6.45) is 10.3. The average molecular weight is 563 g/mol. The van der Waals surface area contributed by atoms with E-state index < -0.39 is 12.0 Å². The van der Waals surface area contributed by atoms with E-state index in [1.165, 1.54) is 49.9 Å². The minimum absolute atomic E-state index is 0.177. The van der Waals surface area contributed by atoms with Crippen LogP contribution in [0.25, 0.3) is 10.8 Å². The average Bonchev–Trinajstić information content (AvgIpc) is 3.63. The van der Waals surface area contributed by atoms with Crippen molar-refractivity contribution < 1.29 is 19.4 Å². The Labute approximate surface area is 241 Å². The smallest absolute Gasteiger partial charge is 0.305 e. The Morgan fingerprint density at radius 3 is 2.48 bits per heavy atom. The van der Waals surface area contributed by atoms with Crippen molar-refractivity contribution in [2.45, 2.75) is 97.1 Å². The van der Waals surface area contributed by atoms with Crippen LogP contribution in [0.2, 0.25) is 0 Å². The molecule has 1 amide bonds. The molecule has 0 aliphatic heterocycles. The summed E-state index contributed by atoms with van der Waals surface area (Å²) in [5, 5.41) is 18.1. The molecule has 214 valence electrons. The number of fused-ring (bicyclic) bond motifs is 1. The van der Waals surface area contributed by atoms with Crippen LogP contribution in [0.4, 0.5) is 0 Å². The fourth-order valence-electron chi connectivity index (χ4n) is 6.50. The Bertz CT molecular complexity index is 1320. The molecule has 0 radical (unpaired) electrons. The van der Waals surface area contributed by atoms with E-state index in [1.807, 2.05) is 35.0 Å². The van der Waals surface area contributed by atoms with Gasteiger partial charge in [0.2, 0.25) is 0 Å². The largest absolute Gasteiger partial charge is 0.490 e. The van der Waals surface area contributed by atoms with Crippen LogP contribution in [0.1, 0.15) is 106 Å². The van der Waals surface area contributed by atoms with E-state index in [4.69, 9.17) is 9.72 Å². The summed E-state index contributed by atoms with van der Waals surface area (Å²) in [6.45, 7) is 7.01. The number of carboxylic acid groups (broad SMARTS) is 1. The molecule has 1 atom stereocenters. The van der Waals surface area contributed by atoms with Crippen LogP contribution in [0.15, 0.2) is 41.1 Å². The van der Waals surface area contributed by atoms with Gasteiger partial charge in [0.15, 0.2) is 0 Å². The maximum absolute atomic E-state index is 13.4. The second kappa shape index (κ2) is 12.3. The number of aliphatic carboxylic acids is 1. The Morgan fingerprint density at radius 2 is 1.82 bits per heavy atom. The number of aromatic nitrogens is 1. The number of carboxylic acids is 1. The van der Waals surface area contributed by atoms with Gasteiger partial charge in [0.1, 0.15) is 11.4 Å². The second-order valence-electron chi connectivity index (χ2n) is 12.8. The number of hydrogen-bond donors (Lipinski definition) is 2. The lowest BCUT2D eigenvalue weighted by atomic mass is 9.72. The van der Waals surface area contributed by atoms with Gasteiger partial charge in [-0.2, -0.15) is 11.3 Å². The highest BCUT2D eigenvalue weighted by atomic mass is 32.1. The van der Waals surface area contributed by atoms with Crippen LogP contribution in [0.5, 0.6) is 5.75 Å². The Hall–Kier alpha value is -2.93. The molecule has 2 aromatic heterocycles. The van der Waals surface area contributed by atoms with Crippen LogP contribution in [0, 0.1) is 17.3 Å². The lowest BCUT2D eigenvalue weighted by Crippen LogP contribution is -2.31. The predicted octanol–water partition coefficient (Wildman–Crippen LogP) is 7.96. The molecule has 2 fully saturated rings. The van der Waals surface area contributed by atoms with Gasteiger partial charge in [-0.05, 0) is 95.3 Å². The topological polar surface area (TPSA) is 88.5 Å². The van der Waals surface area contributed by atoms with Crippen LogP contribution in [-0.4, -0.2) is 28.1 Å². The molecule has 40 heavy (non-hydrogen) atoms. The molecule has 1 unspecified atom stereocenters. The number of carbonyl (C=O) groups excluding carboxylic acids is 1. The van der Waals surface area contributed by atoms with Gasteiger partial charge in [0.05, 0.1) is 18.6 Å². The molecule has 2 aliphatic carbocycles. The summed E-state index contributed by atoms with van der Waals surface area (Å²) in [6, 6.07) is 9.24. The third-order valence-corrected chi connectivity index (χ3v) is 9.61. The SMILES string of the molecule is CC(C)(C)C1CCC(Oc2ccc3cc(C(=O)NC(CC(=O)O)c4ccsc4)nc(CC4CCCC4)c3c2)CC1. The first kappa shape index (κ1) is 28.6. The number of nitrogens with zero attached hydrogens (tertiary/aromatic N) is 1. The number of pyridine rings is 1. The van der Waals surface area contributed by atoms with Crippen LogP contribution >= 0.6 is 11.3 Å². The van der Waals surface area contributed by atoms with Crippen LogP contribution in [0.3, 0.4) is 0 Å². The molecule has 2 N–H and O–H groups in total. The zero-order valence-corrected chi connectivity index (χ0v) is 24.8. The van der Waals surface area contributed by atoms with Gasteiger partial charge in [0.25, 0.3) is 5.91 Å². The van der Waals surface area contributed by atoms with E-state index in [9.17, 15) is 14.7 Å². The summed E-state index contributed by atoms with van der Waals surface area (Å²) >= 11 is 1.48. The fourth-order valence-corrected chi connectivity index (χ4v) is 7.22. The van der Waals surface area contributed by atoms with Gasteiger partial charge in [-0.25, -0.2) is 4.98 Å². The molecular formula is C33H42N2O4S. The summed E-state index contributed by atoms with van der Waals surface area (Å²) < 4.78 is 6.50. The van der Waals surface area contributed by atoms with Crippen molar-refractivity contribution in [2.24, 2.45) is 17.3 Å². The van der Waals surface area contributed by atoms with E-state index in [2.05, 4.69) is 32.2 Å².